The molecule has 112 valence electrons. The molecule has 1 unspecified atom stereocenters. The van der Waals surface area contributed by atoms with Crippen molar-refractivity contribution in [1.29, 1.82) is 0 Å². The van der Waals surface area contributed by atoms with Gasteiger partial charge in [-0.15, -0.1) is 0 Å². The molecule has 0 radical (unpaired) electrons. The molecular weight excluding hydrogens is 270 g/mol. The third-order valence-electron chi connectivity index (χ3n) is 4.10. The fourth-order valence-corrected chi connectivity index (χ4v) is 3.21. The molecule has 0 amide bonds. The van der Waals surface area contributed by atoms with Gasteiger partial charge in [-0.2, -0.15) is 0 Å². The minimum Gasteiger partial charge on any atom is -0.493 e. The third kappa shape index (κ3) is 4.13. The van der Waals surface area contributed by atoms with Crippen LogP contribution in [0, 0.1) is 12.8 Å². The van der Waals surface area contributed by atoms with E-state index >= 15 is 0 Å². The zero-order valence-electron chi connectivity index (χ0n) is 12.8. The number of piperidine rings is 1. The Bertz CT molecular complexity index is 439. The molecule has 0 aliphatic carbocycles. The first kappa shape index (κ1) is 15.7. The Balaban J connectivity index is 1.93. The second kappa shape index (κ2) is 7.33. The number of rotatable bonds is 5. The lowest BCUT2D eigenvalue weighted by molar-refractivity contribution is 0.253. The smallest absolute Gasteiger partial charge is 0.122 e. The van der Waals surface area contributed by atoms with Gasteiger partial charge in [0.1, 0.15) is 5.75 Å². The van der Waals surface area contributed by atoms with E-state index in [1.807, 2.05) is 6.07 Å². The van der Waals surface area contributed by atoms with Gasteiger partial charge in [-0.1, -0.05) is 25.4 Å². The molecule has 1 N–H and O–H groups in total. The topological polar surface area (TPSA) is 21.3 Å². The number of hydrogen-bond acceptors (Lipinski definition) is 2. The summed E-state index contributed by atoms with van der Waals surface area (Å²) in [5, 5.41) is 4.30. The van der Waals surface area contributed by atoms with E-state index in [0.717, 1.165) is 41.8 Å². The lowest BCUT2D eigenvalue weighted by atomic mass is 9.97. The molecule has 2 rings (SSSR count). The van der Waals surface area contributed by atoms with Crippen molar-refractivity contribution in [1.82, 2.24) is 5.32 Å². The molecule has 2 nitrogen and oxygen atoms in total. The van der Waals surface area contributed by atoms with Crippen molar-refractivity contribution < 1.29 is 4.74 Å². The van der Waals surface area contributed by atoms with Crippen molar-refractivity contribution >= 4 is 11.6 Å². The summed E-state index contributed by atoms with van der Waals surface area (Å²) in [5.41, 5.74) is 2.30. The molecule has 1 heterocycles. The molecule has 0 aromatic heterocycles. The first-order chi connectivity index (χ1) is 9.58. The van der Waals surface area contributed by atoms with Gasteiger partial charge in [0.15, 0.2) is 0 Å². The van der Waals surface area contributed by atoms with Crippen LogP contribution in [-0.2, 0) is 0 Å². The highest BCUT2D eigenvalue weighted by Crippen LogP contribution is 2.31. The summed E-state index contributed by atoms with van der Waals surface area (Å²) >= 11 is 6.29. The van der Waals surface area contributed by atoms with Gasteiger partial charge in [-0.3, -0.25) is 0 Å². The monoisotopic (exact) mass is 295 g/mol. The molecule has 1 aromatic carbocycles. The van der Waals surface area contributed by atoms with E-state index in [1.54, 1.807) is 0 Å². The third-order valence-corrected chi connectivity index (χ3v) is 4.43. The Morgan fingerprint density at radius 1 is 1.40 bits per heavy atom. The SMILES string of the molecule is Cc1cc(Cl)c(C(C)C)cc1OCCC1CCCNC1. The van der Waals surface area contributed by atoms with Crippen LogP contribution in [0.4, 0.5) is 0 Å². The molecular formula is C17H26ClNO. The fraction of sp³-hybridized carbons (Fsp3) is 0.647. The van der Waals surface area contributed by atoms with Gasteiger partial charge in [-0.05, 0) is 74.4 Å². The van der Waals surface area contributed by atoms with Gasteiger partial charge in [0, 0.05) is 5.02 Å². The van der Waals surface area contributed by atoms with Gasteiger partial charge in [0.2, 0.25) is 0 Å². The van der Waals surface area contributed by atoms with Gasteiger partial charge >= 0.3 is 0 Å². The van der Waals surface area contributed by atoms with E-state index in [0.29, 0.717) is 5.92 Å². The normalized spacial score (nSPS) is 19.4. The Hall–Kier alpha value is -0.730. The van der Waals surface area contributed by atoms with Crippen molar-refractivity contribution in [2.24, 2.45) is 5.92 Å². The molecule has 1 saturated heterocycles. The van der Waals surface area contributed by atoms with E-state index in [1.165, 1.54) is 24.9 Å². The maximum absolute atomic E-state index is 6.29. The number of ether oxygens (including phenoxy) is 1. The van der Waals surface area contributed by atoms with Crippen LogP contribution in [0.5, 0.6) is 5.75 Å². The molecule has 1 aliphatic heterocycles. The first-order valence-electron chi connectivity index (χ1n) is 7.71. The zero-order valence-corrected chi connectivity index (χ0v) is 13.6. The Labute approximate surface area is 127 Å². The highest BCUT2D eigenvalue weighted by Gasteiger charge is 2.14. The summed E-state index contributed by atoms with van der Waals surface area (Å²) in [7, 11) is 0. The highest BCUT2D eigenvalue weighted by molar-refractivity contribution is 6.31. The predicted octanol–water partition coefficient (Wildman–Crippen LogP) is 4.54. The summed E-state index contributed by atoms with van der Waals surface area (Å²) in [6.07, 6.45) is 3.75. The predicted molar refractivity (Wildman–Crippen MR) is 86.0 cm³/mol. The lowest BCUT2D eigenvalue weighted by Gasteiger charge is -2.23. The van der Waals surface area contributed by atoms with E-state index in [4.69, 9.17) is 16.3 Å². The Morgan fingerprint density at radius 2 is 2.20 bits per heavy atom. The average molecular weight is 296 g/mol. The van der Waals surface area contributed by atoms with E-state index in [2.05, 4.69) is 32.2 Å². The van der Waals surface area contributed by atoms with Crippen molar-refractivity contribution in [3.05, 3.63) is 28.3 Å². The van der Waals surface area contributed by atoms with E-state index < -0.39 is 0 Å². The van der Waals surface area contributed by atoms with Gasteiger partial charge in [0.25, 0.3) is 0 Å². The number of nitrogens with one attached hydrogen (secondary N) is 1. The van der Waals surface area contributed by atoms with Crippen molar-refractivity contribution in [3.63, 3.8) is 0 Å². The molecule has 0 spiro atoms. The van der Waals surface area contributed by atoms with E-state index in [-0.39, 0.29) is 0 Å². The van der Waals surface area contributed by atoms with Crippen LogP contribution in [0.25, 0.3) is 0 Å². The van der Waals surface area contributed by atoms with E-state index in [9.17, 15) is 0 Å². The standard InChI is InChI=1S/C17H26ClNO/c1-12(2)15-10-17(13(3)9-16(15)18)20-8-6-14-5-4-7-19-11-14/h9-10,12,14,19H,4-8,11H2,1-3H3. The maximum atomic E-state index is 6.29. The molecule has 0 saturated carbocycles. The van der Waals surface area contributed by atoms with Crippen LogP contribution in [-0.4, -0.2) is 19.7 Å². The van der Waals surface area contributed by atoms with Gasteiger partial charge in [-0.25, -0.2) is 0 Å². The van der Waals surface area contributed by atoms with Crippen molar-refractivity contribution in [3.8, 4) is 5.75 Å². The number of hydrogen-bond donors (Lipinski definition) is 1. The summed E-state index contributed by atoms with van der Waals surface area (Å²) < 4.78 is 6.00. The summed E-state index contributed by atoms with van der Waals surface area (Å²) in [6, 6.07) is 4.13. The van der Waals surface area contributed by atoms with Crippen LogP contribution in [0.3, 0.4) is 0 Å². The summed E-state index contributed by atoms with van der Waals surface area (Å²) in [5.74, 6) is 2.18. The largest absolute Gasteiger partial charge is 0.493 e. The molecule has 3 heteroatoms. The van der Waals surface area contributed by atoms with Crippen LogP contribution in [0.15, 0.2) is 12.1 Å². The number of aryl methyl sites for hydroxylation is 1. The molecule has 1 fully saturated rings. The van der Waals surface area contributed by atoms with Gasteiger partial charge in [0.05, 0.1) is 6.61 Å². The minimum absolute atomic E-state index is 0.424. The Morgan fingerprint density at radius 3 is 2.85 bits per heavy atom. The first-order valence-corrected chi connectivity index (χ1v) is 8.09. The summed E-state index contributed by atoms with van der Waals surface area (Å²) in [4.78, 5) is 0. The second-order valence-electron chi connectivity index (χ2n) is 6.14. The molecule has 1 atom stereocenters. The van der Waals surface area contributed by atoms with Crippen molar-refractivity contribution in [2.75, 3.05) is 19.7 Å². The molecule has 1 aromatic rings. The summed E-state index contributed by atoms with van der Waals surface area (Å²) in [6.45, 7) is 9.49. The van der Waals surface area contributed by atoms with Crippen LogP contribution in [0.1, 0.15) is 50.2 Å². The Kier molecular flexibility index (Phi) is 5.74. The maximum Gasteiger partial charge on any atom is 0.122 e. The molecule has 1 aliphatic rings. The average Bonchev–Trinajstić information content (AvgIpc) is 2.42. The molecule has 0 bridgehead atoms. The lowest BCUT2D eigenvalue weighted by Crippen LogP contribution is -2.30. The quantitative estimate of drug-likeness (QED) is 0.861. The highest BCUT2D eigenvalue weighted by atomic mass is 35.5. The van der Waals surface area contributed by atoms with Crippen LogP contribution in [0.2, 0.25) is 5.02 Å². The number of benzene rings is 1. The molecule has 20 heavy (non-hydrogen) atoms. The minimum atomic E-state index is 0.424. The van der Waals surface area contributed by atoms with Crippen LogP contribution >= 0.6 is 11.6 Å². The van der Waals surface area contributed by atoms with Gasteiger partial charge < -0.3 is 10.1 Å². The van der Waals surface area contributed by atoms with Crippen LogP contribution < -0.4 is 10.1 Å². The van der Waals surface area contributed by atoms with Crippen molar-refractivity contribution in [2.45, 2.75) is 46.0 Å². The fourth-order valence-electron chi connectivity index (χ4n) is 2.77. The zero-order chi connectivity index (χ0) is 14.5. The number of halogens is 1. The second-order valence-corrected chi connectivity index (χ2v) is 6.55.